The van der Waals surface area contributed by atoms with Crippen molar-refractivity contribution in [1.82, 2.24) is 5.06 Å². The van der Waals surface area contributed by atoms with Crippen LogP contribution in [0.25, 0.3) is 0 Å². The van der Waals surface area contributed by atoms with Crippen molar-refractivity contribution >= 4 is 5.97 Å². The van der Waals surface area contributed by atoms with E-state index in [9.17, 15) is 10.0 Å². The van der Waals surface area contributed by atoms with Crippen LogP contribution in [0.3, 0.4) is 0 Å². The lowest BCUT2D eigenvalue weighted by atomic mass is 10.0. The fraction of sp³-hybridized carbons (Fsp3) is 0.889. The van der Waals surface area contributed by atoms with Gasteiger partial charge in [0.25, 0.3) is 0 Å². The molecule has 0 aromatic rings. The molecule has 0 radical (unpaired) electrons. The summed E-state index contributed by atoms with van der Waals surface area (Å²) in [4.78, 5) is 11.5. The summed E-state index contributed by atoms with van der Waals surface area (Å²) < 4.78 is 4.91. The first-order valence-electron chi connectivity index (χ1n) is 4.67. The quantitative estimate of drug-likeness (QED) is 0.659. The van der Waals surface area contributed by atoms with Crippen LogP contribution < -0.4 is 0 Å². The number of hydroxylamine groups is 2. The molecule has 0 bridgehead atoms. The summed E-state index contributed by atoms with van der Waals surface area (Å²) in [6, 6.07) is 0.0365. The SMILES string of the molecule is CCOC(=O)[C@]1(C)CC[C@H](C)N1O. The van der Waals surface area contributed by atoms with Crippen LogP contribution in [0.1, 0.15) is 33.6 Å². The van der Waals surface area contributed by atoms with Crippen molar-refractivity contribution in [2.24, 2.45) is 0 Å². The second-order valence-corrected chi connectivity index (χ2v) is 3.73. The van der Waals surface area contributed by atoms with Gasteiger partial charge in [0.2, 0.25) is 0 Å². The highest BCUT2D eigenvalue weighted by atomic mass is 16.6. The molecule has 1 aliphatic rings. The molecule has 4 nitrogen and oxygen atoms in total. The van der Waals surface area contributed by atoms with E-state index in [0.29, 0.717) is 13.0 Å². The van der Waals surface area contributed by atoms with Crippen LogP contribution in [-0.2, 0) is 9.53 Å². The van der Waals surface area contributed by atoms with Gasteiger partial charge in [-0.1, -0.05) is 0 Å². The first-order chi connectivity index (χ1) is 6.02. The standard InChI is InChI=1S/C9H17NO3/c1-4-13-8(11)9(3)6-5-7(2)10(9)12/h7,12H,4-6H2,1-3H3/t7-,9-/m0/s1. The van der Waals surface area contributed by atoms with Crippen molar-refractivity contribution in [1.29, 1.82) is 0 Å². The zero-order valence-electron chi connectivity index (χ0n) is 8.41. The van der Waals surface area contributed by atoms with Crippen molar-refractivity contribution in [2.75, 3.05) is 6.61 Å². The number of hydrogen-bond acceptors (Lipinski definition) is 4. The fourth-order valence-corrected chi connectivity index (χ4v) is 1.70. The first kappa shape index (κ1) is 10.5. The Morgan fingerprint density at radius 3 is 2.77 bits per heavy atom. The topological polar surface area (TPSA) is 49.8 Å². The molecule has 0 aromatic carbocycles. The molecular weight excluding hydrogens is 170 g/mol. The predicted octanol–water partition coefficient (Wildman–Crippen LogP) is 1.18. The van der Waals surface area contributed by atoms with Crippen LogP contribution in [0.15, 0.2) is 0 Å². The Morgan fingerprint density at radius 2 is 2.38 bits per heavy atom. The minimum absolute atomic E-state index is 0.0365. The summed E-state index contributed by atoms with van der Waals surface area (Å²) in [5, 5.41) is 10.8. The van der Waals surface area contributed by atoms with Gasteiger partial charge in [0.15, 0.2) is 0 Å². The van der Waals surface area contributed by atoms with Gasteiger partial charge >= 0.3 is 5.97 Å². The Morgan fingerprint density at radius 1 is 1.77 bits per heavy atom. The van der Waals surface area contributed by atoms with Crippen molar-refractivity contribution < 1.29 is 14.7 Å². The van der Waals surface area contributed by atoms with Crippen molar-refractivity contribution in [3.63, 3.8) is 0 Å². The summed E-state index contributed by atoms with van der Waals surface area (Å²) >= 11 is 0. The molecule has 1 saturated heterocycles. The Bertz CT molecular complexity index is 207. The van der Waals surface area contributed by atoms with Crippen LogP contribution in [-0.4, -0.2) is 34.4 Å². The molecule has 1 fully saturated rings. The molecule has 76 valence electrons. The zero-order valence-corrected chi connectivity index (χ0v) is 8.41. The van der Waals surface area contributed by atoms with Gasteiger partial charge in [-0.15, -0.1) is 0 Å². The number of carbonyl (C=O) groups excluding carboxylic acids is 1. The average Bonchev–Trinajstić information content (AvgIpc) is 2.35. The number of esters is 1. The van der Waals surface area contributed by atoms with E-state index in [0.717, 1.165) is 11.5 Å². The molecule has 4 heteroatoms. The zero-order chi connectivity index (χ0) is 10.1. The van der Waals surface area contributed by atoms with Crippen LogP contribution in [0.5, 0.6) is 0 Å². The van der Waals surface area contributed by atoms with Gasteiger partial charge in [-0.2, -0.15) is 5.06 Å². The molecule has 2 atom stereocenters. The molecule has 0 spiro atoms. The molecule has 13 heavy (non-hydrogen) atoms. The van der Waals surface area contributed by atoms with Gasteiger partial charge in [-0.3, -0.25) is 0 Å². The fourth-order valence-electron chi connectivity index (χ4n) is 1.70. The summed E-state index contributed by atoms with van der Waals surface area (Å²) in [6.07, 6.45) is 1.48. The normalized spacial score (nSPS) is 34.9. The Labute approximate surface area is 78.4 Å². The van der Waals surface area contributed by atoms with Gasteiger partial charge in [-0.25, -0.2) is 4.79 Å². The van der Waals surface area contributed by atoms with E-state index < -0.39 is 5.54 Å². The molecule has 0 unspecified atom stereocenters. The average molecular weight is 187 g/mol. The molecule has 0 amide bonds. The summed E-state index contributed by atoms with van der Waals surface area (Å²) in [7, 11) is 0. The van der Waals surface area contributed by atoms with Crippen LogP contribution in [0.2, 0.25) is 0 Å². The molecular formula is C9H17NO3. The lowest BCUT2D eigenvalue weighted by Gasteiger charge is -2.29. The van der Waals surface area contributed by atoms with E-state index in [1.165, 1.54) is 0 Å². The van der Waals surface area contributed by atoms with Crippen LogP contribution >= 0.6 is 0 Å². The maximum Gasteiger partial charge on any atom is 0.328 e. The molecule has 0 saturated carbocycles. The molecule has 1 rings (SSSR count). The van der Waals surface area contributed by atoms with Gasteiger partial charge in [0.1, 0.15) is 5.54 Å². The van der Waals surface area contributed by atoms with E-state index >= 15 is 0 Å². The lowest BCUT2D eigenvalue weighted by Crippen LogP contribution is -2.49. The van der Waals surface area contributed by atoms with Crippen LogP contribution in [0, 0.1) is 0 Å². The number of hydrogen-bond donors (Lipinski definition) is 1. The number of ether oxygens (including phenoxy) is 1. The maximum atomic E-state index is 11.5. The molecule has 0 aliphatic carbocycles. The van der Waals surface area contributed by atoms with Crippen molar-refractivity contribution in [3.8, 4) is 0 Å². The third kappa shape index (κ3) is 1.69. The number of nitrogens with zero attached hydrogens (tertiary/aromatic N) is 1. The highest BCUT2D eigenvalue weighted by Crippen LogP contribution is 2.32. The molecule has 0 aromatic heterocycles. The Hall–Kier alpha value is -0.610. The molecule has 1 heterocycles. The summed E-state index contributed by atoms with van der Waals surface area (Å²) in [5.74, 6) is -0.332. The van der Waals surface area contributed by atoms with E-state index in [-0.39, 0.29) is 12.0 Å². The maximum absolute atomic E-state index is 11.5. The molecule has 1 aliphatic heterocycles. The van der Waals surface area contributed by atoms with Crippen molar-refractivity contribution in [3.05, 3.63) is 0 Å². The number of carbonyl (C=O) groups is 1. The van der Waals surface area contributed by atoms with E-state index in [1.54, 1.807) is 13.8 Å². The third-order valence-electron chi connectivity index (χ3n) is 2.69. The van der Waals surface area contributed by atoms with Gasteiger partial charge in [0, 0.05) is 6.04 Å². The lowest BCUT2D eigenvalue weighted by molar-refractivity contribution is -0.195. The Kier molecular flexibility index (Phi) is 2.93. The van der Waals surface area contributed by atoms with E-state index in [1.807, 2.05) is 6.92 Å². The second kappa shape index (κ2) is 3.64. The number of rotatable bonds is 2. The van der Waals surface area contributed by atoms with Gasteiger partial charge in [0.05, 0.1) is 6.61 Å². The summed E-state index contributed by atoms with van der Waals surface area (Å²) in [5.41, 5.74) is -0.838. The minimum atomic E-state index is -0.838. The highest BCUT2D eigenvalue weighted by Gasteiger charge is 2.47. The van der Waals surface area contributed by atoms with Gasteiger partial charge < -0.3 is 9.94 Å². The Balaban J connectivity index is 2.71. The van der Waals surface area contributed by atoms with Gasteiger partial charge in [-0.05, 0) is 33.6 Å². The first-order valence-corrected chi connectivity index (χ1v) is 4.67. The van der Waals surface area contributed by atoms with Crippen LogP contribution in [0.4, 0.5) is 0 Å². The predicted molar refractivity (Wildman–Crippen MR) is 47.4 cm³/mol. The molecule has 1 N–H and O–H groups in total. The largest absolute Gasteiger partial charge is 0.465 e. The van der Waals surface area contributed by atoms with E-state index in [4.69, 9.17) is 4.74 Å². The van der Waals surface area contributed by atoms with Crippen molar-refractivity contribution in [2.45, 2.75) is 45.2 Å². The monoisotopic (exact) mass is 187 g/mol. The summed E-state index contributed by atoms with van der Waals surface area (Å²) in [6.45, 7) is 5.73. The minimum Gasteiger partial charge on any atom is -0.465 e. The smallest absolute Gasteiger partial charge is 0.328 e. The third-order valence-corrected chi connectivity index (χ3v) is 2.69. The second-order valence-electron chi connectivity index (χ2n) is 3.73. The van der Waals surface area contributed by atoms with E-state index in [2.05, 4.69) is 0 Å². The highest BCUT2D eigenvalue weighted by molar-refractivity contribution is 5.80.